The Hall–Kier alpha value is -3.85. The van der Waals surface area contributed by atoms with E-state index in [0.717, 1.165) is 10.5 Å². The lowest BCUT2D eigenvalue weighted by Gasteiger charge is -2.14. The smallest absolute Gasteiger partial charge is 0.266 e. The molecule has 158 valence electrons. The van der Waals surface area contributed by atoms with E-state index in [0.29, 0.717) is 37.4 Å². The molecule has 0 saturated heterocycles. The van der Waals surface area contributed by atoms with Crippen LogP contribution in [0.2, 0.25) is 0 Å². The molecule has 0 atom stereocenters. The number of methoxy groups -OCH3 is 1. The Kier molecular flexibility index (Phi) is 5.85. The highest BCUT2D eigenvalue weighted by Gasteiger charge is 2.37. The predicted molar refractivity (Wildman–Crippen MR) is 112 cm³/mol. The molecule has 2 aromatic carbocycles. The molecule has 0 unspecified atom stereocenters. The molecule has 0 aliphatic carbocycles. The molecule has 0 fully saturated rings. The van der Waals surface area contributed by atoms with E-state index in [1.165, 1.54) is 18.5 Å². The van der Waals surface area contributed by atoms with Crippen LogP contribution in [0.25, 0.3) is 0 Å². The minimum atomic E-state index is -0.446. The van der Waals surface area contributed by atoms with Crippen LogP contribution in [0.1, 0.15) is 43.1 Å². The zero-order chi connectivity index (χ0) is 21.8. The van der Waals surface area contributed by atoms with E-state index in [1.807, 2.05) is 12.1 Å². The molecular weight excluding hydrogens is 398 g/mol. The van der Waals surface area contributed by atoms with Crippen LogP contribution < -0.4 is 10.2 Å². The number of nitrogens with zero attached hydrogens (tertiary/aromatic N) is 4. The SMILES string of the molecule is COCCCNC(=O)c1ccc2c(c1)C(=O)N(c1ccc(Cn3cncn3)cc1)C2=O. The number of aromatic nitrogens is 3. The summed E-state index contributed by atoms with van der Waals surface area (Å²) in [6.07, 6.45) is 3.76. The van der Waals surface area contributed by atoms with Crippen molar-refractivity contribution in [2.75, 3.05) is 25.2 Å². The zero-order valence-corrected chi connectivity index (χ0v) is 16.9. The average molecular weight is 419 g/mol. The second-order valence-corrected chi connectivity index (χ2v) is 7.07. The maximum absolute atomic E-state index is 13.0. The minimum Gasteiger partial charge on any atom is -0.385 e. The van der Waals surface area contributed by atoms with Crippen LogP contribution in [-0.2, 0) is 11.3 Å². The van der Waals surface area contributed by atoms with Gasteiger partial charge in [0, 0.05) is 25.8 Å². The van der Waals surface area contributed by atoms with Crippen LogP contribution in [0.5, 0.6) is 0 Å². The summed E-state index contributed by atoms with van der Waals surface area (Å²) in [6.45, 7) is 1.54. The quantitative estimate of drug-likeness (QED) is 0.441. The number of carbonyl (C=O) groups excluding carboxylic acids is 3. The van der Waals surface area contributed by atoms with Crippen molar-refractivity contribution in [3.63, 3.8) is 0 Å². The van der Waals surface area contributed by atoms with Gasteiger partial charge in [0.15, 0.2) is 0 Å². The number of carbonyl (C=O) groups is 3. The van der Waals surface area contributed by atoms with Crippen molar-refractivity contribution < 1.29 is 19.1 Å². The Morgan fingerprint density at radius 2 is 1.84 bits per heavy atom. The second-order valence-electron chi connectivity index (χ2n) is 7.07. The fraction of sp³-hybridized carbons (Fsp3) is 0.227. The lowest BCUT2D eigenvalue weighted by molar-refractivity contribution is 0.0923. The number of hydrogen-bond acceptors (Lipinski definition) is 6. The number of nitrogens with one attached hydrogen (secondary N) is 1. The van der Waals surface area contributed by atoms with E-state index in [2.05, 4.69) is 15.4 Å². The molecule has 0 radical (unpaired) electrons. The highest BCUT2D eigenvalue weighted by Crippen LogP contribution is 2.29. The van der Waals surface area contributed by atoms with Crippen LogP contribution in [-0.4, -0.2) is 52.7 Å². The molecule has 0 bridgehead atoms. The van der Waals surface area contributed by atoms with Crippen molar-refractivity contribution >= 4 is 23.4 Å². The van der Waals surface area contributed by atoms with Crippen molar-refractivity contribution in [1.82, 2.24) is 20.1 Å². The molecule has 1 aliphatic heterocycles. The maximum Gasteiger partial charge on any atom is 0.266 e. The Morgan fingerprint density at radius 3 is 2.55 bits per heavy atom. The lowest BCUT2D eigenvalue weighted by atomic mass is 10.1. The third-order valence-corrected chi connectivity index (χ3v) is 4.97. The highest BCUT2D eigenvalue weighted by atomic mass is 16.5. The molecule has 0 saturated carbocycles. The van der Waals surface area contributed by atoms with E-state index in [-0.39, 0.29) is 17.0 Å². The van der Waals surface area contributed by atoms with E-state index >= 15 is 0 Å². The van der Waals surface area contributed by atoms with Crippen LogP contribution in [0.3, 0.4) is 0 Å². The summed E-state index contributed by atoms with van der Waals surface area (Å²) in [5.41, 5.74) is 2.27. The fourth-order valence-corrected chi connectivity index (χ4v) is 3.39. The summed E-state index contributed by atoms with van der Waals surface area (Å²) < 4.78 is 6.64. The summed E-state index contributed by atoms with van der Waals surface area (Å²) >= 11 is 0. The lowest BCUT2D eigenvalue weighted by Crippen LogP contribution is -2.29. The van der Waals surface area contributed by atoms with Gasteiger partial charge in [-0.05, 0) is 42.3 Å². The number of hydrogen-bond donors (Lipinski definition) is 1. The molecular formula is C22H21N5O4. The Bertz CT molecular complexity index is 1110. The van der Waals surface area contributed by atoms with Gasteiger partial charge in [0.1, 0.15) is 12.7 Å². The summed E-state index contributed by atoms with van der Waals surface area (Å²) in [6, 6.07) is 11.7. The van der Waals surface area contributed by atoms with Gasteiger partial charge in [-0.25, -0.2) is 14.6 Å². The molecule has 2 heterocycles. The number of rotatable bonds is 8. The van der Waals surface area contributed by atoms with E-state index in [4.69, 9.17) is 4.74 Å². The van der Waals surface area contributed by atoms with Crippen molar-refractivity contribution in [2.24, 2.45) is 0 Å². The number of fused-ring (bicyclic) bond motifs is 1. The predicted octanol–water partition coefficient (Wildman–Crippen LogP) is 1.89. The van der Waals surface area contributed by atoms with Gasteiger partial charge < -0.3 is 10.1 Å². The number of ether oxygens (including phenoxy) is 1. The van der Waals surface area contributed by atoms with Gasteiger partial charge >= 0.3 is 0 Å². The second kappa shape index (κ2) is 8.88. The molecule has 4 rings (SSSR count). The first kappa shape index (κ1) is 20.4. The molecule has 1 N–H and O–H groups in total. The van der Waals surface area contributed by atoms with Crippen molar-refractivity contribution in [1.29, 1.82) is 0 Å². The average Bonchev–Trinajstić information content (AvgIpc) is 3.38. The topological polar surface area (TPSA) is 106 Å². The first-order chi connectivity index (χ1) is 15.1. The normalized spacial score (nSPS) is 12.9. The third kappa shape index (κ3) is 4.22. The van der Waals surface area contributed by atoms with E-state index in [1.54, 1.807) is 36.3 Å². The summed E-state index contributed by atoms with van der Waals surface area (Å²) in [4.78, 5) is 43.2. The Balaban J connectivity index is 1.49. The van der Waals surface area contributed by atoms with Gasteiger partial charge in [-0.3, -0.25) is 14.4 Å². The number of anilines is 1. The fourth-order valence-electron chi connectivity index (χ4n) is 3.39. The molecule has 3 aromatic rings. The Labute approximate surface area is 178 Å². The summed E-state index contributed by atoms with van der Waals surface area (Å²) in [7, 11) is 1.60. The highest BCUT2D eigenvalue weighted by molar-refractivity contribution is 6.34. The van der Waals surface area contributed by atoms with Crippen molar-refractivity contribution in [3.05, 3.63) is 77.4 Å². The van der Waals surface area contributed by atoms with Crippen LogP contribution in [0.4, 0.5) is 5.69 Å². The largest absolute Gasteiger partial charge is 0.385 e. The molecule has 9 nitrogen and oxygen atoms in total. The molecule has 31 heavy (non-hydrogen) atoms. The number of imide groups is 1. The van der Waals surface area contributed by atoms with Gasteiger partial charge in [0.2, 0.25) is 0 Å². The van der Waals surface area contributed by atoms with Gasteiger partial charge in [-0.2, -0.15) is 5.10 Å². The zero-order valence-electron chi connectivity index (χ0n) is 16.9. The van der Waals surface area contributed by atoms with Gasteiger partial charge in [0.05, 0.1) is 23.4 Å². The summed E-state index contributed by atoms with van der Waals surface area (Å²) in [5, 5.41) is 6.84. The van der Waals surface area contributed by atoms with E-state index in [9.17, 15) is 14.4 Å². The number of benzene rings is 2. The van der Waals surface area contributed by atoms with Gasteiger partial charge in [0.25, 0.3) is 17.7 Å². The summed E-state index contributed by atoms with van der Waals surface area (Å²) in [5.74, 6) is -1.15. The Morgan fingerprint density at radius 1 is 1.06 bits per heavy atom. The van der Waals surface area contributed by atoms with Crippen molar-refractivity contribution in [2.45, 2.75) is 13.0 Å². The first-order valence-electron chi connectivity index (χ1n) is 9.80. The van der Waals surface area contributed by atoms with E-state index < -0.39 is 11.8 Å². The van der Waals surface area contributed by atoms with Crippen molar-refractivity contribution in [3.8, 4) is 0 Å². The van der Waals surface area contributed by atoms with Gasteiger partial charge in [-0.15, -0.1) is 0 Å². The standard InChI is InChI=1S/C22H21N5O4/c1-31-10-2-9-24-20(28)16-5-8-18-19(11-16)22(30)27(21(18)29)17-6-3-15(4-7-17)12-26-14-23-13-25-26/h3-8,11,13-14H,2,9-10,12H2,1H3,(H,24,28). The molecule has 1 aliphatic rings. The monoisotopic (exact) mass is 419 g/mol. The maximum atomic E-state index is 13.0. The van der Waals surface area contributed by atoms with Gasteiger partial charge in [-0.1, -0.05) is 12.1 Å². The molecule has 1 aromatic heterocycles. The first-order valence-corrected chi connectivity index (χ1v) is 9.80. The molecule has 0 spiro atoms. The minimum absolute atomic E-state index is 0.223. The molecule has 3 amide bonds. The number of amides is 3. The third-order valence-electron chi connectivity index (χ3n) is 4.97. The molecule has 9 heteroatoms. The van der Waals surface area contributed by atoms with Crippen LogP contribution >= 0.6 is 0 Å². The van der Waals surface area contributed by atoms with Crippen LogP contribution in [0.15, 0.2) is 55.1 Å². The van der Waals surface area contributed by atoms with Crippen LogP contribution in [0, 0.1) is 0 Å².